The van der Waals surface area contributed by atoms with Crippen LogP contribution in [0.5, 0.6) is 0 Å². The second kappa shape index (κ2) is 3.13. The molecule has 0 spiro atoms. The number of fused-ring (bicyclic) bond motifs is 1. The molecule has 2 N–H and O–H groups in total. The van der Waals surface area contributed by atoms with E-state index < -0.39 is 0 Å². The van der Waals surface area contributed by atoms with E-state index >= 15 is 0 Å². The van der Waals surface area contributed by atoms with Crippen molar-refractivity contribution < 1.29 is 0 Å². The highest BCUT2D eigenvalue weighted by Gasteiger charge is 2.02. The van der Waals surface area contributed by atoms with Crippen LogP contribution < -0.4 is 5.73 Å². The molecule has 68 valence electrons. The molecule has 0 radical (unpaired) electrons. The van der Waals surface area contributed by atoms with Gasteiger partial charge in [-0.05, 0) is 18.6 Å². The number of nitrogens with zero attached hydrogens (tertiary/aromatic N) is 1. The van der Waals surface area contributed by atoms with E-state index in [1.165, 1.54) is 10.9 Å². The fraction of sp³-hybridized carbons (Fsp3) is 0.273. The van der Waals surface area contributed by atoms with E-state index in [4.69, 9.17) is 5.73 Å². The van der Waals surface area contributed by atoms with Gasteiger partial charge in [-0.15, -0.1) is 0 Å². The fourth-order valence-corrected chi connectivity index (χ4v) is 1.72. The Labute approximate surface area is 78.0 Å². The maximum absolute atomic E-state index is 5.91. The van der Waals surface area contributed by atoms with Crippen molar-refractivity contribution in [3.8, 4) is 0 Å². The number of aromatic nitrogens is 1. The van der Waals surface area contributed by atoms with Crippen molar-refractivity contribution >= 4 is 16.6 Å². The first kappa shape index (κ1) is 8.17. The Morgan fingerprint density at radius 2 is 2.15 bits per heavy atom. The molecule has 1 heterocycles. The van der Waals surface area contributed by atoms with Crippen LogP contribution in [0.3, 0.4) is 0 Å². The zero-order valence-corrected chi connectivity index (χ0v) is 7.83. The van der Waals surface area contributed by atoms with Gasteiger partial charge < -0.3 is 10.3 Å². The van der Waals surface area contributed by atoms with Crippen molar-refractivity contribution in [1.29, 1.82) is 0 Å². The molecule has 2 nitrogen and oxygen atoms in total. The monoisotopic (exact) mass is 174 g/mol. The Morgan fingerprint density at radius 1 is 1.31 bits per heavy atom. The van der Waals surface area contributed by atoms with Crippen LogP contribution in [0.15, 0.2) is 30.5 Å². The summed E-state index contributed by atoms with van der Waals surface area (Å²) in [5, 5.41) is 1.23. The maximum Gasteiger partial charge on any atom is 0.0713 e. The van der Waals surface area contributed by atoms with Crippen LogP contribution in [-0.2, 0) is 6.54 Å². The van der Waals surface area contributed by atoms with E-state index in [2.05, 4.69) is 29.8 Å². The highest BCUT2D eigenvalue weighted by atomic mass is 15.0. The Hall–Kier alpha value is -1.44. The molecule has 0 unspecified atom stereocenters. The van der Waals surface area contributed by atoms with Crippen molar-refractivity contribution in [3.63, 3.8) is 0 Å². The van der Waals surface area contributed by atoms with Crippen LogP contribution in [0.2, 0.25) is 0 Å². The lowest BCUT2D eigenvalue weighted by Gasteiger charge is -2.04. The van der Waals surface area contributed by atoms with Crippen LogP contribution >= 0.6 is 0 Å². The van der Waals surface area contributed by atoms with Crippen molar-refractivity contribution in [2.45, 2.75) is 19.9 Å². The van der Waals surface area contributed by atoms with Gasteiger partial charge >= 0.3 is 0 Å². The number of para-hydroxylation sites is 1. The van der Waals surface area contributed by atoms with E-state index in [0.717, 1.165) is 18.7 Å². The van der Waals surface area contributed by atoms with Gasteiger partial charge in [-0.3, -0.25) is 0 Å². The Morgan fingerprint density at radius 3 is 2.92 bits per heavy atom. The second-order valence-electron chi connectivity index (χ2n) is 3.29. The molecule has 0 aliphatic heterocycles. The van der Waals surface area contributed by atoms with Gasteiger partial charge in [-0.2, -0.15) is 0 Å². The van der Waals surface area contributed by atoms with Crippen molar-refractivity contribution in [3.05, 3.63) is 30.5 Å². The first-order valence-electron chi connectivity index (χ1n) is 4.66. The minimum absolute atomic E-state index is 0.871. The van der Waals surface area contributed by atoms with E-state index in [0.29, 0.717) is 0 Å². The Kier molecular flexibility index (Phi) is 1.97. The molecule has 0 atom stereocenters. The van der Waals surface area contributed by atoms with Gasteiger partial charge in [0.25, 0.3) is 0 Å². The third kappa shape index (κ3) is 1.28. The normalized spacial score (nSPS) is 10.8. The SMILES string of the molecule is CCCn1ccc2cccc(N)c21. The molecule has 0 aliphatic rings. The number of rotatable bonds is 2. The van der Waals surface area contributed by atoms with Gasteiger partial charge in [-0.25, -0.2) is 0 Å². The van der Waals surface area contributed by atoms with Gasteiger partial charge in [0.05, 0.1) is 11.2 Å². The molecular weight excluding hydrogens is 160 g/mol. The fourth-order valence-electron chi connectivity index (χ4n) is 1.72. The molecule has 13 heavy (non-hydrogen) atoms. The highest BCUT2D eigenvalue weighted by Crippen LogP contribution is 2.21. The summed E-state index contributed by atoms with van der Waals surface area (Å²) >= 11 is 0. The zero-order valence-electron chi connectivity index (χ0n) is 7.83. The molecule has 0 saturated carbocycles. The summed E-state index contributed by atoms with van der Waals surface area (Å²) in [6, 6.07) is 8.15. The summed E-state index contributed by atoms with van der Waals surface area (Å²) in [6.45, 7) is 3.21. The summed E-state index contributed by atoms with van der Waals surface area (Å²) in [5.41, 5.74) is 7.95. The van der Waals surface area contributed by atoms with Crippen LogP contribution in [0, 0.1) is 0 Å². The molecular formula is C11H14N2. The number of nitrogens with two attached hydrogens (primary N) is 1. The maximum atomic E-state index is 5.91. The van der Waals surface area contributed by atoms with Crippen molar-refractivity contribution in [1.82, 2.24) is 4.57 Å². The molecule has 2 heteroatoms. The summed E-state index contributed by atoms with van der Waals surface area (Å²) in [4.78, 5) is 0. The molecule has 2 aromatic rings. The predicted molar refractivity (Wildman–Crippen MR) is 56.6 cm³/mol. The van der Waals surface area contributed by atoms with Crippen LogP contribution in [-0.4, -0.2) is 4.57 Å². The van der Waals surface area contributed by atoms with Crippen LogP contribution in [0.1, 0.15) is 13.3 Å². The molecule has 0 amide bonds. The van der Waals surface area contributed by atoms with E-state index in [-0.39, 0.29) is 0 Å². The van der Waals surface area contributed by atoms with Crippen LogP contribution in [0.25, 0.3) is 10.9 Å². The molecule has 2 rings (SSSR count). The Bertz CT molecular complexity index is 415. The van der Waals surface area contributed by atoms with Gasteiger partial charge in [0.2, 0.25) is 0 Å². The summed E-state index contributed by atoms with van der Waals surface area (Å²) in [6.07, 6.45) is 3.24. The number of anilines is 1. The molecule has 0 saturated heterocycles. The highest BCUT2D eigenvalue weighted by molar-refractivity contribution is 5.90. The largest absolute Gasteiger partial charge is 0.397 e. The first-order valence-corrected chi connectivity index (χ1v) is 4.66. The van der Waals surface area contributed by atoms with Gasteiger partial charge in [0.15, 0.2) is 0 Å². The number of benzene rings is 1. The van der Waals surface area contributed by atoms with Crippen molar-refractivity contribution in [2.24, 2.45) is 0 Å². The van der Waals surface area contributed by atoms with E-state index in [1.54, 1.807) is 0 Å². The average molecular weight is 174 g/mol. The third-order valence-corrected chi connectivity index (χ3v) is 2.28. The average Bonchev–Trinajstić information content (AvgIpc) is 2.51. The van der Waals surface area contributed by atoms with Gasteiger partial charge in [0.1, 0.15) is 0 Å². The number of nitrogen functional groups attached to an aromatic ring is 1. The minimum atomic E-state index is 0.871. The standard InChI is InChI=1S/C11H14N2/c1-2-7-13-8-6-9-4-3-5-10(12)11(9)13/h3-6,8H,2,7,12H2,1H3. The molecule has 1 aromatic carbocycles. The van der Waals surface area contributed by atoms with Gasteiger partial charge in [0, 0.05) is 18.1 Å². The lowest BCUT2D eigenvalue weighted by molar-refractivity contribution is 0.704. The second-order valence-corrected chi connectivity index (χ2v) is 3.29. The molecule has 0 bridgehead atoms. The summed E-state index contributed by atoms with van der Waals surface area (Å²) in [5.74, 6) is 0. The zero-order chi connectivity index (χ0) is 9.26. The molecule has 0 aliphatic carbocycles. The topological polar surface area (TPSA) is 30.9 Å². The minimum Gasteiger partial charge on any atom is -0.397 e. The van der Waals surface area contributed by atoms with E-state index in [1.807, 2.05) is 12.1 Å². The number of hydrogen-bond donors (Lipinski definition) is 1. The first-order chi connectivity index (χ1) is 6.33. The Balaban J connectivity index is 2.64. The molecule has 0 fully saturated rings. The summed E-state index contributed by atoms with van der Waals surface area (Å²) in [7, 11) is 0. The molecule has 1 aromatic heterocycles. The number of aryl methyl sites for hydroxylation is 1. The van der Waals surface area contributed by atoms with E-state index in [9.17, 15) is 0 Å². The summed E-state index contributed by atoms with van der Waals surface area (Å²) < 4.78 is 2.21. The lowest BCUT2D eigenvalue weighted by atomic mass is 10.2. The quantitative estimate of drug-likeness (QED) is 0.697. The van der Waals surface area contributed by atoms with Crippen LogP contribution in [0.4, 0.5) is 5.69 Å². The predicted octanol–water partition coefficient (Wildman–Crippen LogP) is 2.63. The third-order valence-electron chi connectivity index (χ3n) is 2.28. The number of hydrogen-bond acceptors (Lipinski definition) is 1. The lowest BCUT2D eigenvalue weighted by Crippen LogP contribution is -1.97. The van der Waals surface area contributed by atoms with Crippen molar-refractivity contribution in [2.75, 3.05) is 5.73 Å². The smallest absolute Gasteiger partial charge is 0.0713 e. The van der Waals surface area contributed by atoms with Gasteiger partial charge in [-0.1, -0.05) is 19.1 Å².